The molecule has 0 fully saturated rings. The summed E-state index contributed by atoms with van der Waals surface area (Å²) < 4.78 is 47.9. The van der Waals surface area contributed by atoms with Gasteiger partial charge in [-0.15, -0.1) is 0 Å². The van der Waals surface area contributed by atoms with Gasteiger partial charge in [0.05, 0.1) is 0 Å². The third kappa shape index (κ3) is 217. The van der Waals surface area contributed by atoms with Gasteiger partial charge in [0.15, 0.2) is 0 Å². The molecule has 0 aromatic heterocycles. The van der Waals surface area contributed by atoms with Gasteiger partial charge in [-0.05, 0) is 0 Å². The van der Waals surface area contributed by atoms with Gasteiger partial charge < -0.3 is 18.6 Å². The van der Waals surface area contributed by atoms with E-state index in [-0.39, 0.29) is 37.7 Å². The third-order valence-corrected chi connectivity index (χ3v) is 0. The Morgan fingerprint density at radius 3 is 0.778 bits per heavy atom. The predicted octanol–water partition coefficient (Wildman–Crippen LogP) is -6.25. The summed E-state index contributed by atoms with van der Waals surface area (Å²) in [4.78, 5) is 0. The molecule has 0 spiro atoms. The largest absolute Gasteiger partial charge is 0.321 e. The van der Waals surface area contributed by atoms with Gasteiger partial charge in [-0.1, -0.05) is 0 Å². The van der Waals surface area contributed by atoms with Crippen molar-refractivity contribution in [1.29, 1.82) is 0 Å². The van der Waals surface area contributed by atoms with Crippen LogP contribution in [-0.2, 0) is 0 Å². The first-order chi connectivity index (χ1) is 3.46. The Morgan fingerprint density at radius 1 is 0.778 bits per heavy atom. The van der Waals surface area contributed by atoms with E-state index in [0.29, 0.717) is 0 Å². The first-order valence-corrected chi connectivity index (χ1v) is 2.87. The molecular weight excluding hydrogens is 207 g/mol. The molecule has 54 valence electrons. The maximum Gasteiger partial charge on any atom is 0.282 e. The van der Waals surface area contributed by atoms with E-state index >= 15 is 0 Å². The monoisotopic (exact) mass is 208 g/mol. The van der Waals surface area contributed by atoms with Crippen LogP contribution >= 0.6 is 0 Å². The second-order valence-corrected chi connectivity index (χ2v) is 1.21. The fourth-order valence-electron chi connectivity index (χ4n) is 0. The Morgan fingerprint density at radius 2 is 0.778 bits per heavy atom. The van der Waals surface area contributed by atoms with Crippen molar-refractivity contribution in [2.45, 2.75) is 0 Å². The van der Waals surface area contributed by atoms with Gasteiger partial charge in [-0.2, -0.15) is 0 Å². The average molecular weight is 209 g/mol. The summed E-state index contributed by atoms with van der Waals surface area (Å²) in [5, 5.41) is 0. The molecule has 0 amide bonds. The van der Waals surface area contributed by atoms with Crippen LogP contribution in [0.4, 0.5) is 0 Å². The number of hydrogen-bond acceptors (Lipinski definition) is 6. The molecule has 9 heavy (non-hydrogen) atoms. The van der Waals surface area contributed by atoms with Crippen LogP contribution in [0, 0.1) is 21.6 Å². The maximum absolute atomic E-state index is 8.52. The third-order valence-electron chi connectivity index (χ3n) is 0. The molecule has 0 aromatic rings. The zero-order chi connectivity index (χ0) is 7.15. The summed E-state index contributed by atoms with van der Waals surface area (Å²) in [5.41, 5.74) is 0. The quantitative estimate of drug-likeness (QED) is 0.381. The van der Waals surface area contributed by atoms with Crippen LogP contribution in [0.3, 0.4) is 0 Å². The van der Waals surface area contributed by atoms with Crippen molar-refractivity contribution >= 4 is 37.7 Å². The van der Waals surface area contributed by atoms with Crippen LogP contribution in [0.1, 0.15) is 0 Å². The molecule has 0 aliphatic rings. The van der Waals surface area contributed by atoms with E-state index < -0.39 is 21.6 Å². The van der Waals surface area contributed by atoms with E-state index in [1.807, 2.05) is 0 Å². The maximum atomic E-state index is 8.52. The van der Waals surface area contributed by atoms with Crippen LogP contribution in [0.2, 0.25) is 0 Å². The Hall–Kier alpha value is 1.60. The molecule has 0 saturated heterocycles. The Labute approximate surface area is 86.5 Å². The van der Waals surface area contributed by atoms with Gasteiger partial charge in [-0.25, -0.2) is 0 Å². The topological polar surface area (TPSA) is 133 Å². The van der Waals surface area contributed by atoms with E-state index in [4.69, 9.17) is 28.0 Å². The summed E-state index contributed by atoms with van der Waals surface area (Å²) in [6.45, 7) is 0. The van der Waals surface area contributed by atoms with Gasteiger partial charge in [0.1, 0.15) is 0 Å². The van der Waals surface area contributed by atoms with Gasteiger partial charge in [-0.3, -0.25) is 0 Å². The molecule has 2 radical (unpaired) electrons. The molecule has 0 atom stereocenters. The summed E-state index contributed by atoms with van der Waals surface area (Å²) in [7, 11) is -5.20. The zero-order valence-electron chi connectivity index (χ0n) is 3.99. The van der Waals surface area contributed by atoms with Gasteiger partial charge in [0.2, 0.25) is 0 Å². The smallest absolute Gasteiger partial charge is 0.282 e. The summed E-state index contributed by atoms with van der Waals surface area (Å²) >= 11 is 0. The summed E-state index contributed by atoms with van der Waals surface area (Å²) in [5.74, 6) is 0. The Kier molecular flexibility index (Phi) is 23.1. The molecule has 9 heteroatoms. The second kappa shape index (κ2) is 12.3. The fraction of sp³-hybridized carbons (Fsp3) is 0. The van der Waals surface area contributed by atoms with E-state index in [1.165, 1.54) is 0 Å². The molecule has 0 unspecified atom stereocenters. The Balaban J connectivity index is -0.0000000720. The van der Waals surface area contributed by atoms with E-state index in [0.717, 1.165) is 0 Å². The Bertz CT molecular complexity index is 26.5. The minimum absolute atomic E-state index is 0. The summed E-state index contributed by atoms with van der Waals surface area (Å²) in [6.07, 6.45) is 0. The fourth-order valence-corrected chi connectivity index (χ4v) is 0. The van der Waals surface area contributed by atoms with Crippen molar-refractivity contribution in [3.8, 4) is 0 Å². The van der Waals surface area contributed by atoms with Crippen LogP contribution in [-0.4, -0.2) is 47.1 Å². The average Bonchev–Trinajstić information content (AvgIpc) is 1.25. The van der Waals surface area contributed by atoms with Crippen LogP contribution in [0.5, 0.6) is 0 Å². The minimum atomic E-state index is -2.60. The van der Waals surface area contributed by atoms with Crippen LogP contribution in [0.25, 0.3) is 0 Å². The van der Waals surface area contributed by atoms with Gasteiger partial charge in [0, 0.05) is 47.1 Å². The molecule has 0 saturated carbocycles. The molecule has 2 N–H and O–H groups in total. The molecule has 0 aliphatic heterocycles. The molecule has 0 bridgehead atoms. The minimum Gasteiger partial charge on any atom is -0.321 e. The van der Waals surface area contributed by atoms with E-state index in [1.54, 1.807) is 0 Å². The van der Waals surface area contributed by atoms with E-state index in [2.05, 4.69) is 0 Å². The standard InChI is InChI=1S/Ca.2ClHO3/c;2*2-1(3)4/h;2*2H. The van der Waals surface area contributed by atoms with Gasteiger partial charge >= 0.3 is 0 Å². The van der Waals surface area contributed by atoms with Crippen LogP contribution in [0.15, 0.2) is 0 Å². The number of rotatable bonds is 0. The molecule has 0 heterocycles. The van der Waals surface area contributed by atoms with Gasteiger partial charge in [0.25, 0.3) is 21.6 Å². The van der Waals surface area contributed by atoms with Crippen molar-refractivity contribution in [1.82, 2.24) is 0 Å². The normalized spacial score (nSPS) is 8.00. The van der Waals surface area contributed by atoms with Crippen LogP contribution < -0.4 is 18.6 Å². The molecule has 0 aliphatic carbocycles. The van der Waals surface area contributed by atoms with Crippen molar-refractivity contribution in [2.24, 2.45) is 0 Å². The second-order valence-electron chi connectivity index (χ2n) is 0.402. The first kappa shape index (κ1) is 16.9. The molecular formula is H2CaCl2O6. The van der Waals surface area contributed by atoms with E-state index in [9.17, 15) is 0 Å². The predicted molar refractivity (Wildman–Crippen MR) is 10.2 cm³/mol. The van der Waals surface area contributed by atoms with Crippen molar-refractivity contribution < 1.29 is 49.5 Å². The first-order valence-electron chi connectivity index (χ1n) is 0.955. The van der Waals surface area contributed by atoms with Crippen molar-refractivity contribution in [3.05, 3.63) is 0 Å². The van der Waals surface area contributed by atoms with Crippen molar-refractivity contribution in [3.63, 3.8) is 0 Å². The SMILES string of the molecule is [Ca].[O-][Cl+2]([O-])O.[O-][Cl+2]([O-])O. The molecule has 0 aromatic carbocycles. The summed E-state index contributed by atoms with van der Waals surface area (Å²) in [6, 6.07) is 0. The number of halogens is 2. The van der Waals surface area contributed by atoms with Crippen molar-refractivity contribution in [2.75, 3.05) is 0 Å². The molecule has 6 nitrogen and oxygen atoms in total. The number of hydrogen-bond donors (Lipinski definition) is 2. The zero-order valence-corrected chi connectivity index (χ0v) is 7.71. The molecule has 0 rings (SSSR count).